The molecular weight excluding hydrogens is 539 g/mol. The molecule has 1 atom stereocenters. The summed E-state index contributed by atoms with van der Waals surface area (Å²) in [6, 6.07) is 10.6. The second-order valence-corrected chi connectivity index (χ2v) is 11.7. The van der Waals surface area contributed by atoms with Crippen LogP contribution in [0.1, 0.15) is 18.4 Å². The van der Waals surface area contributed by atoms with Gasteiger partial charge in [0, 0.05) is 18.9 Å². The quantitative estimate of drug-likeness (QED) is 0.320. The summed E-state index contributed by atoms with van der Waals surface area (Å²) in [5, 5.41) is 0.830. The van der Waals surface area contributed by atoms with Crippen molar-refractivity contribution in [2.75, 3.05) is 18.6 Å². The molecule has 4 aromatic rings. The van der Waals surface area contributed by atoms with Crippen LogP contribution in [0.3, 0.4) is 0 Å². The first-order valence-electron chi connectivity index (χ1n) is 11.4. The van der Waals surface area contributed by atoms with E-state index in [1.807, 2.05) is 6.07 Å². The molecule has 0 N–H and O–H groups in total. The first kappa shape index (κ1) is 25.5. The van der Waals surface area contributed by atoms with Crippen molar-refractivity contribution in [2.45, 2.75) is 30.3 Å². The Bertz CT molecular complexity index is 1550. The summed E-state index contributed by atoms with van der Waals surface area (Å²) < 4.78 is 47.6. The highest BCUT2D eigenvalue weighted by atomic mass is 35.5. The monoisotopic (exact) mass is 560 g/mol. The highest BCUT2D eigenvalue weighted by Crippen LogP contribution is 2.40. The summed E-state index contributed by atoms with van der Waals surface area (Å²) in [5.41, 5.74) is 1.26. The van der Waals surface area contributed by atoms with E-state index in [2.05, 4.69) is 9.97 Å². The number of nitrogens with zero attached hydrogens (tertiary/aromatic N) is 4. The normalized spacial score (nSPS) is 16.2. The summed E-state index contributed by atoms with van der Waals surface area (Å²) in [7, 11) is -2.51. The zero-order valence-corrected chi connectivity index (χ0v) is 22.1. The third-order valence-corrected chi connectivity index (χ3v) is 9.60. The van der Waals surface area contributed by atoms with Gasteiger partial charge in [-0.1, -0.05) is 29.0 Å². The van der Waals surface area contributed by atoms with Crippen molar-refractivity contribution < 1.29 is 22.3 Å². The number of ether oxygens (including phenoxy) is 1. The molecule has 3 heterocycles. The van der Waals surface area contributed by atoms with Crippen molar-refractivity contribution in [3.63, 3.8) is 0 Å². The van der Waals surface area contributed by atoms with Gasteiger partial charge in [-0.3, -0.25) is 14.7 Å². The number of pyridine rings is 1. The maximum atomic E-state index is 14.1. The largest absolute Gasteiger partial charge is 0.494 e. The van der Waals surface area contributed by atoms with Crippen molar-refractivity contribution in [1.29, 1.82) is 0 Å². The van der Waals surface area contributed by atoms with E-state index in [0.717, 1.165) is 17.7 Å². The average molecular weight is 561 g/mol. The van der Waals surface area contributed by atoms with Crippen LogP contribution in [0, 0.1) is 5.82 Å². The van der Waals surface area contributed by atoms with Crippen LogP contribution in [0.5, 0.6) is 5.75 Å². The predicted octanol–water partition coefficient (Wildman–Crippen LogP) is 4.88. The number of halogens is 2. The third-order valence-electron chi connectivity index (χ3n) is 6.14. The van der Waals surface area contributed by atoms with Crippen LogP contribution < -0.4 is 9.64 Å². The number of methoxy groups -OCH3 is 1. The number of hydrogen-bond acceptors (Lipinski definition) is 7. The molecule has 2 aromatic carbocycles. The van der Waals surface area contributed by atoms with Gasteiger partial charge in [-0.15, -0.1) is 0 Å². The third kappa shape index (κ3) is 4.91. The van der Waals surface area contributed by atoms with Gasteiger partial charge >= 0.3 is 0 Å². The number of aromatic nitrogens is 2. The number of carbonyl (C=O) groups excluding carboxylic acids is 1. The minimum Gasteiger partial charge on any atom is -0.494 e. The van der Waals surface area contributed by atoms with E-state index in [1.165, 1.54) is 39.8 Å². The average Bonchev–Trinajstić information content (AvgIpc) is 3.57. The Labute approximate surface area is 222 Å². The van der Waals surface area contributed by atoms with Crippen LogP contribution in [0.15, 0.2) is 65.8 Å². The minimum atomic E-state index is -4.03. The first-order chi connectivity index (χ1) is 17.8. The van der Waals surface area contributed by atoms with Gasteiger partial charge in [0.2, 0.25) is 15.9 Å². The molecule has 0 bridgehead atoms. The van der Waals surface area contributed by atoms with Crippen molar-refractivity contribution in [2.24, 2.45) is 0 Å². The van der Waals surface area contributed by atoms with Gasteiger partial charge in [-0.2, -0.15) is 4.31 Å². The summed E-state index contributed by atoms with van der Waals surface area (Å²) in [4.78, 5) is 24.3. The molecule has 5 rings (SSSR count). The van der Waals surface area contributed by atoms with E-state index in [-0.39, 0.29) is 18.0 Å². The first-order valence-corrected chi connectivity index (χ1v) is 14.0. The van der Waals surface area contributed by atoms with Gasteiger partial charge in [0.15, 0.2) is 5.13 Å². The lowest BCUT2D eigenvalue weighted by molar-refractivity contribution is -0.121. The van der Waals surface area contributed by atoms with Crippen LogP contribution in [-0.4, -0.2) is 48.3 Å². The summed E-state index contributed by atoms with van der Waals surface area (Å²) in [5.74, 6) is -0.446. The fourth-order valence-corrected chi connectivity index (χ4v) is 7.24. The Balaban J connectivity index is 1.55. The van der Waals surface area contributed by atoms with Crippen molar-refractivity contribution in [3.8, 4) is 5.75 Å². The molecule has 1 amide bonds. The smallest absolute Gasteiger partial charge is 0.247 e. The van der Waals surface area contributed by atoms with Crippen LogP contribution in [0.4, 0.5) is 9.52 Å². The van der Waals surface area contributed by atoms with Crippen LogP contribution in [-0.2, 0) is 21.4 Å². The van der Waals surface area contributed by atoms with E-state index in [4.69, 9.17) is 16.3 Å². The number of rotatable bonds is 7. The van der Waals surface area contributed by atoms with Crippen molar-refractivity contribution in [3.05, 3.63) is 77.3 Å². The van der Waals surface area contributed by atoms with Gasteiger partial charge < -0.3 is 4.74 Å². The van der Waals surface area contributed by atoms with E-state index in [9.17, 15) is 17.6 Å². The Hall–Kier alpha value is -3.12. The zero-order valence-electron chi connectivity index (χ0n) is 19.7. The lowest BCUT2D eigenvalue weighted by Crippen LogP contribution is -2.47. The van der Waals surface area contributed by atoms with Crippen LogP contribution in [0.2, 0.25) is 5.02 Å². The molecule has 37 heavy (non-hydrogen) atoms. The number of amides is 1. The second kappa shape index (κ2) is 10.3. The lowest BCUT2D eigenvalue weighted by atomic mass is 10.2. The van der Waals surface area contributed by atoms with Gasteiger partial charge in [-0.05, 0) is 60.9 Å². The van der Waals surface area contributed by atoms with Gasteiger partial charge in [0.25, 0.3) is 0 Å². The van der Waals surface area contributed by atoms with E-state index >= 15 is 0 Å². The highest BCUT2D eigenvalue weighted by molar-refractivity contribution is 7.89. The standard InChI is InChI=1S/C25H22ClFN4O4S2/c1-35-21-11-10-19(26)23-22(21)29-25(36-23)30(15-16-4-2-12-28-14-16)24(32)20-5-3-13-31(20)37(33,34)18-8-6-17(27)7-9-18/h2,4,6-12,14,20H,3,5,13,15H2,1H3. The summed E-state index contributed by atoms with van der Waals surface area (Å²) in [6.45, 7) is 0.309. The molecule has 0 saturated carbocycles. The molecule has 1 aliphatic rings. The second-order valence-electron chi connectivity index (χ2n) is 8.44. The molecule has 1 saturated heterocycles. The Morgan fingerprint density at radius 2 is 2.03 bits per heavy atom. The van der Waals surface area contributed by atoms with E-state index in [0.29, 0.717) is 39.0 Å². The van der Waals surface area contributed by atoms with E-state index in [1.54, 1.807) is 30.6 Å². The lowest BCUT2D eigenvalue weighted by Gasteiger charge is -2.28. The summed E-state index contributed by atoms with van der Waals surface area (Å²) in [6.07, 6.45) is 4.13. The fourth-order valence-electron chi connectivity index (χ4n) is 4.33. The van der Waals surface area contributed by atoms with Gasteiger partial charge in [-0.25, -0.2) is 17.8 Å². The zero-order chi connectivity index (χ0) is 26.2. The maximum Gasteiger partial charge on any atom is 0.247 e. The molecule has 8 nitrogen and oxygen atoms in total. The molecule has 0 spiro atoms. The predicted molar refractivity (Wildman–Crippen MR) is 140 cm³/mol. The molecule has 0 aliphatic carbocycles. The molecule has 12 heteroatoms. The number of sulfonamides is 1. The molecular formula is C25H22ClFN4O4S2. The Morgan fingerprint density at radius 1 is 1.24 bits per heavy atom. The summed E-state index contributed by atoms with van der Waals surface area (Å²) >= 11 is 7.65. The molecule has 1 aliphatic heterocycles. The molecule has 1 unspecified atom stereocenters. The molecule has 1 fully saturated rings. The number of fused-ring (bicyclic) bond motifs is 1. The number of carbonyl (C=O) groups is 1. The van der Waals surface area contributed by atoms with Gasteiger partial charge in [0.1, 0.15) is 23.1 Å². The van der Waals surface area contributed by atoms with Gasteiger partial charge in [0.05, 0.1) is 28.3 Å². The highest BCUT2D eigenvalue weighted by Gasteiger charge is 2.42. The maximum absolute atomic E-state index is 14.1. The Kier molecular flexibility index (Phi) is 7.13. The van der Waals surface area contributed by atoms with Crippen molar-refractivity contribution >= 4 is 54.2 Å². The SMILES string of the molecule is COc1ccc(Cl)c2sc(N(Cc3cccnc3)C(=O)C3CCCN3S(=O)(=O)c3ccc(F)cc3)nc12. The molecule has 0 radical (unpaired) electrons. The number of thiazole rings is 1. The minimum absolute atomic E-state index is 0.0658. The van der Waals surface area contributed by atoms with Crippen LogP contribution in [0.25, 0.3) is 10.2 Å². The number of benzene rings is 2. The van der Waals surface area contributed by atoms with E-state index < -0.39 is 27.8 Å². The van der Waals surface area contributed by atoms with Crippen molar-refractivity contribution in [1.82, 2.24) is 14.3 Å². The van der Waals surface area contributed by atoms with Crippen LogP contribution >= 0.6 is 22.9 Å². The molecule has 192 valence electrons. The number of hydrogen-bond donors (Lipinski definition) is 0. The molecule has 2 aromatic heterocycles. The fraction of sp³-hybridized carbons (Fsp3) is 0.240. The topological polar surface area (TPSA) is 92.7 Å². The number of anilines is 1. The Morgan fingerprint density at radius 3 is 2.73 bits per heavy atom.